The fourth-order valence-corrected chi connectivity index (χ4v) is 1.95. The largest absolute Gasteiger partial charge is 0.482 e. The monoisotopic (exact) mass is 298 g/mol. The zero-order valence-electron chi connectivity index (χ0n) is 12.6. The molecule has 2 aromatic carbocycles. The van der Waals surface area contributed by atoms with Crippen molar-refractivity contribution in [3.05, 3.63) is 76.0 Å². The minimum atomic E-state index is -0.407. The Balaban J connectivity index is 2.27. The van der Waals surface area contributed by atoms with Crippen LogP contribution in [0.25, 0.3) is 6.08 Å². The molecule has 0 spiro atoms. The van der Waals surface area contributed by atoms with E-state index < -0.39 is 4.92 Å². The van der Waals surface area contributed by atoms with E-state index in [2.05, 4.69) is 0 Å². The number of rotatable bonds is 6. The van der Waals surface area contributed by atoms with Crippen molar-refractivity contribution in [3.8, 4) is 5.75 Å². The molecule has 0 N–H and O–H groups in total. The Morgan fingerprint density at radius 1 is 1.14 bits per heavy atom. The molecule has 0 atom stereocenters. The molecule has 5 heteroatoms. The lowest BCUT2D eigenvalue weighted by atomic mass is 10.1. The van der Waals surface area contributed by atoms with Crippen LogP contribution in [0.15, 0.2) is 54.7 Å². The number of nitro benzene ring substituents is 1. The maximum Gasteiger partial charge on any atom is 0.318 e. The van der Waals surface area contributed by atoms with Crippen molar-refractivity contribution >= 4 is 11.8 Å². The van der Waals surface area contributed by atoms with Gasteiger partial charge in [-0.15, -0.1) is 0 Å². The number of hydrogen-bond donors (Lipinski definition) is 0. The summed E-state index contributed by atoms with van der Waals surface area (Å²) in [4.78, 5) is 12.8. The second-order valence-electron chi connectivity index (χ2n) is 5.00. The van der Waals surface area contributed by atoms with Crippen LogP contribution in [0.4, 0.5) is 5.69 Å². The molecule has 0 aliphatic heterocycles. The molecule has 0 aliphatic rings. The van der Waals surface area contributed by atoms with Gasteiger partial charge in [0.15, 0.2) is 5.75 Å². The van der Waals surface area contributed by atoms with E-state index >= 15 is 0 Å². The summed E-state index contributed by atoms with van der Waals surface area (Å²) in [5.41, 5.74) is 1.46. The molecule has 0 unspecified atom stereocenters. The molecule has 0 fully saturated rings. The highest BCUT2D eigenvalue weighted by Crippen LogP contribution is 2.32. The third-order valence-electron chi connectivity index (χ3n) is 3.00. The first-order valence-corrected chi connectivity index (χ1v) is 6.86. The summed E-state index contributed by atoms with van der Waals surface area (Å²) in [6.07, 6.45) is 3.47. The van der Waals surface area contributed by atoms with Crippen LogP contribution in [-0.4, -0.2) is 23.9 Å². The van der Waals surface area contributed by atoms with Crippen molar-refractivity contribution in [2.75, 3.05) is 14.1 Å². The normalized spacial score (nSPS) is 10.6. The quantitative estimate of drug-likeness (QED) is 0.602. The van der Waals surface area contributed by atoms with Gasteiger partial charge in [0.2, 0.25) is 0 Å². The van der Waals surface area contributed by atoms with Gasteiger partial charge in [0, 0.05) is 14.1 Å². The van der Waals surface area contributed by atoms with Gasteiger partial charge in [-0.05, 0) is 30.0 Å². The second-order valence-corrected chi connectivity index (χ2v) is 5.00. The van der Waals surface area contributed by atoms with Crippen LogP contribution in [0.2, 0.25) is 0 Å². The van der Waals surface area contributed by atoms with Crippen LogP contribution >= 0.6 is 0 Å². The van der Waals surface area contributed by atoms with Gasteiger partial charge >= 0.3 is 5.69 Å². The van der Waals surface area contributed by atoms with E-state index in [1.165, 1.54) is 0 Å². The first-order chi connectivity index (χ1) is 10.6. The smallest absolute Gasteiger partial charge is 0.318 e. The number of para-hydroxylation sites is 1. The first kappa shape index (κ1) is 15.6. The van der Waals surface area contributed by atoms with Gasteiger partial charge in [0.25, 0.3) is 0 Å². The Bertz CT molecular complexity index is 667. The molecule has 2 rings (SSSR count). The van der Waals surface area contributed by atoms with Crippen molar-refractivity contribution in [1.82, 2.24) is 4.90 Å². The topological polar surface area (TPSA) is 55.6 Å². The predicted molar refractivity (Wildman–Crippen MR) is 86.6 cm³/mol. The van der Waals surface area contributed by atoms with Crippen molar-refractivity contribution in [2.24, 2.45) is 0 Å². The number of nitro groups is 1. The lowest BCUT2D eigenvalue weighted by molar-refractivity contribution is -0.386. The second kappa shape index (κ2) is 7.26. The summed E-state index contributed by atoms with van der Waals surface area (Å²) in [6, 6.07) is 14.6. The number of benzene rings is 2. The van der Waals surface area contributed by atoms with E-state index in [-0.39, 0.29) is 11.4 Å². The summed E-state index contributed by atoms with van der Waals surface area (Å²) in [7, 11) is 3.72. The molecular formula is C17H18N2O3. The summed E-state index contributed by atoms with van der Waals surface area (Å²) >= 11 is 0. The van der Waals surface area contributed by atoms with Gasteiger partial charge in [-0.1, -0.05) is 36.4 Å². The molecule has 0 bridgehead atoms. The lowest BCUT2D eigenvalue weighted by Gasteiger charge is -2.09. The maximum absolute atomic E-state index is 11.4. The van der Waals surface area contributed by atoms with E-state index in [9.17, 15) is 10.1 Å². The summed E-state index contributed by atoms with van der Waals surface area (Å²) in [5, 5.41) is 11.4. The zero-order chi connectivity index (χ0) is 15.9. The summed E-state index contributed by atoms with van der Waals surface area (Å²) in [6.45, 7) is 0.294. The fraction of sp³-hybridized carbons (Fsp3) is 0.176. The van der Waals surface area contributed by atoms with Crippen LogP contribution in [-0.2, 0) is 6.61 Å². The lowest BCUT2D eigenvalue weighted by Crippen LogP contribution is -2.02. The highest BCUT2D eigenvalue weighted by Gasteiger charge is 2.19. The Morgan fingerprint density at radius 3 is 2.50 bits per heavy atom. The highest BCUT2D eigenvalue weighted by atomic mass is 16.6. The number of hydrogen-bond acceptors (Lipinski definition) is 4. The van der Waals surface area contributed by atoms with Crippen molar-refractivity contribution in [1.29, 1.82) is 0 Å². The van der Waals surface area contributed by atoms with E-state index in [4.69, 9.17) is 4.74 Å². The van der Waals surface area contributed by atoms with Crippen LogP contribution in [0.1, 0.15) is 11.1 Å². The molecule has 0 aromatic heterocycles. The van der Waals surface area contributed by atoms with Crippen molar-refractivity contribution in [2.45, 2.75) is 6.61 Å². The molecule has 0 amide bonds. The Kier molecular flexibility index (Phi) is 5.14. The minimum absolute atomic E-state index is 0.0171. The molecular weight excluding hydrogens is 280 g/mol. The van der Waals surface area contributed by atoms with Gasteiger partial charge in [-0.2, -0.15) is 0 Å². The zero-order valence-corrected chi connectivity index (χ0v) is 12.6. The molecule has 0 aliphatic carbocycles. The number of ether oxygens (including phenoxy) is 1. The Hall–Kier alpha value is -2.82. The summed E-state index contributed by atoms with van der Waals surface area (Å²) < 4.78 is 5.64. The number of nitrogens with zero attached hydrogens (tertiary/aromatic N) is 2. The average molecular weight is 298 g/mol. The molecule has 0 heterocycles. The SMILES string of the molecule is CN(C)/C=C/c1cccc(OCc2ccccc2)c1[N+](=O)[O-]. The van der Waals surface area contributed by atoms with Gasteiger partial charge < -0.3 is 9.64 Å². The average Bonchev–Trinajstić information content (AvgIpc) is 2.51. The Labute approximate surface area is 129 Å². The molecule has 5 nitrogen and oxygen atoms in total. The van der Waals surface area contributed by atoms with Gasteiger partial charge in [0.05, 0.1) is 10.5 Å². The van der Waals surface area contributed by atoms with Gasteiger partial charge in [0.1, 0.15) is 6.61 Å². The van der Waals surface area contributed by atoms with Crippen LogP contribution < -0.4 is 4.74 Å². The van der Waals surface area contributed by atoms with Gasteiger partial charge in [-0.3, -0.25) is 10.1 Å². The van der Waals surface area contributed by atoms with E-state index in [0.717, 1.165) is 5.56 Å². The van der Waals surface area contributed by atoms with E-state index in [0.29, 0.717) is 12.2 Å². The predicted octanol–water partition coefficient (Wildman–Crippen LogP) is 3.71. The van der Waals surface area contributed by atoms with Crippen LogP contribution in [0, 0.1) is 10.1 Å². The van der Waals surface area contributed by atoms with Gasteiger partial charge in [-0.25, -0.2) is 0 Å². The van der Waals surface area contributed by atoms with E-state index in [1.54, 1.807) is 30.5 Å². The van der Waals surface area contributed by atoms with E-state index in [1.807, 2.05) is 49.3 Å². The molecule has 0 saturated carbocycles. The van der Waals surface area contributed by atoms with Crippen LogP contribution in [0.3, 0.4) is 0 Å². The minimum Gasteiger partial charge on any atom is -0.482 e. The molecule has 2 aromatic rings. The third kappa shape index (κ3) is 4.09. The highest BCUT2D eigenvalue weighted by molar-refractivity contribution is 5.66. The maximum atomic E-state index is 11.4. The standard InChI is InChI=1S/C17H18N2O3/c1-18(2)12-11-15-9-6-10-16(17(15)19(20)21)22-13-14-7-4-3-5-8-14/h3-12H,13H2,1-2H3/b12-11+. The molecule has 0 saturated heterocycles. The third-order valence-corrected chi connectivity index (χ3v) is 3.00. The van der Waals surface area contributed by atoms with Crippen LogP contribution in [0.5, 0.6) is 5.75 Å². The first-order valence-electron chi connectivity index (χ1n) is 6.86. The Morgan fingerprint density at radius 2 is 1.86 bits per heavy atom. The van der Waals surface area contributed by atoms with Crippen molar-refractivity contribution in [3.63, 3.8) is 0 Å². The molecule has 0 radical (unpaired) electrons. The molecule has 114 valence electrons. The fourth-order valence-electron chi connectivity index (χ4n) is 1.95. The van der Waals surface area contributed by atoms with Crippen molar-refractivity contribution < 1.29 is 9.66 Å². The molecule has 22 heavy (non-hydrogen) atoms. The summed E-state index contributed by atoms with van der Waals surface area (Å²) in [5.74, 6) is 0.273.